The molecule has 0 saturated heterocycles. The lowest BCUT2D eigenvalue weighted by Gasteiger charge is -2.05. The van der Waals surface area contributed by atoms with E-state index in [0.717, 1.165) is 0 Å². The highest BCUT2D eigenvalue weighted by atomic mass is 127. The minimum absolute atomic E-state index is 0.109. The van der Waals surface area contributed by atoms with Crippen LogP contribution in [0.25, 0.3) is 0 Å². The molecule has 124 valence electrons. The van der Waals surface area contributed by atoms with E-state index in [1.807, 2.05) is 22.6 Å². The molecular formula is C14H11ClFIN6O. The highest BCUT2D eigenvalue weighted by molar-refractivity contribution is 14.1. The average Bonchev–Trinajstić information content (AvgIpc) is 3.10. The Bertz CT molecular complexity index is 869. The van der Waals surface area contributed by atoms with Crippen LogP contribution < -0.4 is 5.32 Å². The molecule has 3 rings (SSSR count). The van der Waals surface area contributed by atoms with Crippen molar-refractivity contribution in [2.45, 2.75) is 6.54 Å². The SMILES string of the molecule is Cn1ncc(I)c1C(=O)Nc1ncn(Cc2c(F)cccc2Cl)n1. The fraction of sp³-hybridized carbons (Fsp3) is 0.143. The Morgan fingerprint density at radius 1 is 1.46 bits per heavy atom. The molecule has 0 aliphatic rings. The van der Waals surface area contributed by atoms with Crippen molar-refractivity contribution in [2.75, 3.05) is 5.32 Å². The molecule has 0 aliphatic carbocycles. The number of hydrogen-bond acceptors (Lipinski definition) is 4. The first-order valence-corrected chi connectivity index (χ1v) is 8.22. The number of hydrogen-bond donors (Lipinski definition) is 1. The van der Waals surface area contributed by atoms with Crippen LogP contribution in [0.4, 0.5) is 10.3 Å². The molecule has 0 saturated carbocycles. The number of halogens is 3. The number of carbonyl (C=O) groups is 1. The fourth-order valence-electron chi connectivity index (χ4n) is 2.10. The number of amides is 1. The Hall–Kier alpha value is -2.01. The van der Waals surface area contributed by atoms with Crippen LogP contribution in [-0.2, 0) is 13.6 Å². The van der Waals surface area contributed by atoms with Gasteiger partial charge in [0.05, 0.1) is 16.3 Å². The molecule has 24 heavy (non-hydrogen) atoms. The number of nitrogens with one attached hydrogen (secondary N) is 1. The van der Waals surface area contributed by atoms with Gasteiger partial charge in [0.2, 0.25) is 5.95 Å². The Morgan fingerprint density at radius 2 is 2.25 bits per heavy atom. The third kappa shape index (κ3) is 3.41. The monoisotopic (exact) mass is 460 g/mol. The van der Waals surface area contributed by atoms with Gasteiger partial charge in [0.15, 0.2) is 0 Å². The highest BCUT2D eigenvalue weighted by Gasteiger charge is 2.17. The Labute approximate surface area is 155 Å². The largest absolute Gasteiger partial charge is 0.288 e. The summed E-state index contributed by atoms with van der Waals surface area (Å²) in [5.74, 6) is -0.682. The highest BCUT2D eigenvalue weighted by Crippen LogP contribution is 2.20. The molecule has 0 radical (unpaired) electrons. The normalized spacial score (nSPS) is 10.8. The third-order valence-electron chi connectivity index (χ3n) is 3.25. The lowest BCUT2D eigenvalue weighted by molar-refractivity contribution is 0.101. The minimum atomic E-state index is -0.423. The zero-order valence-corrected chi connectivity index (χ0v) is 15.3. The number of benzene rings is 1. The summed E-state index contributed by atoms with van der Waals surface area (Å²) < 4.78 is 17.4. The van der Waals surface area contributed by atoms with Crippen molar-refractivity contribution >= 4 is 46.0 Å². The van der Waals surface area contributed by atoms with Gasteiger partial charge in [-0.1, -0.05) is 17.7 Å². The molecule has 0 fully saturated rings. The van der Waals surface area contributed by atoms with Crippen LogP contribution >= 0.6 is 34.2 Å². The maximum Gasteiger partial charge on any atom is 0.277 e. The topological polar surface area (TPSA) is 77.6 Å². The maximum absolute atomic E-state index is 13.8. The van der Waals surface area contributed by atoms with Crippen molar-refractivity contribution in [3.05, 3.63) is 56.4 Å². The van der Waals surface area contributed by atoms with E-state index in [2.05, 4.69) is 20.5 Å². The summed E-state index contributed by atoms with van der Waals surface area (Å²) in [6, 6.07) is 4.46. The van der Waals surface area contributed by atoms with E-state index >= 15 is 0 Å². The molecule has 0 bridgehead atoms. The summed E-state index contributed by atoms with van der Waals surface area (Å²) in [5, 5.41) is 11.0. The molecule has 2 aromatic heterocycles. The van der Waals surface area contributed by atoms with Gasteiger partial charge < -0.3 is 0 Å². The third-order valence-corrected chi connectivity index (χ3v) is 4.40. The zero-order valence-electron chi connectivity index (χ0n) is 12.4. The first-order chi connectivity index (χ1) is 11.5. The van der Waals surface area contributed by atoms with Crippen molar-refractivity contribution in [1.29, 1.82) is 0 Å². The lowest BCUT2D eigenvalue weighted by atomic mass is 10.2. The van der Waals surface area contributed by atoms with Gasteiger partial charge in [-0.3, -0.25) is 14.8 Å². The molecule has 0 spiro atoms. The number of aryl methyl sites for hydroxylation is 1. The molecule has 1 amide bonds. The molecule has 3 aromatic rings. The molecule has 1 N–H and O–H groups in total. The van der Waals surface area contributed by atoms with Crippen LogP contribution in [0.3, 0.4) is 0 Å². The van der Waals surface area contributed by atoms with Gasteiger partial charge in [0, 0.05) is 17.6 Å². The summed E-state index contributed by atoms with van der Waals surface area (Å²) >= 11 is 8.01. The van der Waals surface area contributed by atoms with Gasteiger partial charge in [-0.25, -0.2) is 14.1 Å². The summed E-state index contributed by atoms with van der Waals surface area (Å²) in [5.41, 5.74) is 0.715. The van der Waals surface area contributed by atoms with E-state index in [9.17, 15) is 9.18 Å². The van der Waals surface area contributed by atoms with Crippen molar-refractivity contribution in [2.24, 2.45) is 7.05 Å². The standard InChI is InChI=1S/C14H11ClFIN6O/c1-22-12(11(17)5-19-22)13(24)20-14-18-7-23(21-14)6-8-9(15)3-2-4-10(8)16/h2-5,7H,6H2,1H3,(H,20,21,24). The van der Waals surface area contributed by atoms with Crippen molar-refractivity contribution in [3.8, 4) is 0 Å². The predicted molar refractivity (Wildman–Crippen MR) is 94.4 cm³/mol. The fourth-order valence-corrected chi connectivity index (χ4v) is 3.04. The van der Waals surface area contributed by atoms with Crippen molar-refractivity contribution < 1.29 is 9.18 Å². The van der Waals surface area contributed by atoms with E-state index in [-0.39, 0.29) is 18.4 Å². The van der Waals surface area contributed by atoms with E-state index in [0.29, 0.717) is 19.9 Å². The van der Waals surface area contributed by atoms with Gasteiger partial charge in [0.1, 0.15) is 17.8 Å². The van der Waals surface area contributed by atoms with Crippen LogP contribution in [-0.4, -0.2) is 30.5 Å². The van der Waals surface area contributed by atoms with E-state index in [1.165, 1.54) is 27.8 Å². The van der Waals surface area contributed by atoms with Crippen LogP contribution in [0.1, 0.15) is 16.1 Å². The van der Waals surface area contributed by atoms with E-state index < -0.39 is 5.82 Å². The summed E-state index contributed by atoms with van der Waals surface area (Å²) in [7, 11) is 1.67. The quantitative estimate of drug-likeness (QED) is 0.608. The molecule has 10 heteroatoms. The lowest BCUT2D eigenvalue weighted by Crippen LogP contribution is -2.18. The minimum Gasteiger partial charge on any atom is -0.288 e. The Balaban J connectivity index is 1.76. The van der Waals surface area contributed by atoms with Gasteiger partial charge in [-0.05, 0) is 34.7 Å². The molecule has 0 aliphatic heterocycles. The van der Waals surface area contributed by atoms with Crippen LogP contribution in [0.15, 0.2) is 30.7 Å². The number of rotatable bonds is 4. The van der Waals surface area contributed by atoms with E-state index in [4.69, 9.17) is 11.6 Å². The predicted octanol–water partition coefficient (Wildman–Crippen LogP) is 2.71. The van der Waals surface area contributed by atoms with Crippen molar-refractivity contribution in [3.63, 3.8) is 0 Å². The van der Waals surface area contributed by atoms with Crippen LogP contribution in [0, 0.1) is 9.39 Å². The molecule has 1 aromatic carbocycles. The summed E-state index contributed by atoms with van der Waals surface area (Å²) in [6.45, 7) is 0.109. The number of carbonyl (C=O) groups excluding carboxylic acids is 1. The molecule has 0 unspecified atom stereocenters. The number of nitrogens with zero attached hydrogens (tertiary/aromatic N) is 5. The molecule has 2 heterocycles. The Kier molecular flexibility index (Phi) is 4.81. The summed E-state index contributed by atoms with van der Waals surface area (Å²) in [4.78, 5) is 16.2. The molecular weight excluding hydrogens is 450 g/mol. The zero-order chi connectivity index (χ0) is 17.3. The maximum atomic E-state index is 13.8. The van der Waals surface area contributed by atoms with Gasteiger partial charge >= 0.3 is 0 Å². The second-order valence-electron chi connectivity index (χ2n) is 4.88. The van der Waals surface area contributed by atoms with Gasteiger partial charge in [-0.15, -0.1) is 5.10 Å². The first-order valence-electron chi connectivity index (χ1n) is 6.77. The summed E-state index contributed by atoms with van der Waals surface area (Å²) in [6.07, 6.45) is 2.98. The number of anilines is 1. The smallest absolute Gasteiger partial charge is 0.277 e. The van der Waals surface area contributed by atoms with Crippen molar-refractivity contribution in [1.82, 2.24) is 24.5 Å². The molecule has 7 nitrogen and oxygen atoms in total. The van der Waals surface area contributed by atoms with Crippen LogP contribution in [0.5, 0.6) is 0 Å². The van der Waals surface area contributed by atoms with Crippen LogP contribution in [0.2, 0.25) is 5.02 Å². The average molecular weight is 461 g/mol. The van der Waals surface area contributed by atoms with Gasteiger partial charge in [-0.2, -0.15) is 5.10 Å². The van der Waals surface area contributed by atoms with E-state index in [1.54, 1.807) is 19.3 Å². The van der Waals surface area contributed by atoms with Gasteiger partial charge in [0.25, 0.3) is 5.91 Å². The first kappa shape index (κ1) is 16.8. The second kappa shape index (κ2) is 6.85. The Morgan fingerprint density at radius 3 is 2.92 bits per heavy atom. The molecule has 0 atom stereocenters. The second-order valence-corrected chi connectivity index (χ2v) is 6.45. The number of aromatic nitrogens is 5.